The molecule has 2 nitrogen and oxygen atoms in total. The van der Waals surface area contributed by atoms with Gasteiger partial charge in [-0.25, -0.2) is 9.37 Å². The molecule has 1 aromatic heterocycles. The Balaban J connectivity index is 2.60. The van der Waals surface area contributed by atoms with Crippen LogP contribution in [0.15, 0.2) is 36.4 Å². The second-order valence-electron chi connectivity index (χ2n) is 3.47. The number of hydrogen-bond donors (Lipinski definition) is 0. The summed E-state index contributed by atoms with van der Waals surface area (Å²) in [6, 6.07) is 9.95. The van der Waals surface area contributed by atoms with Crippen LogP contribution in [-0.2, 0) is 5.88 Å². The number of ether oxygens (including phenoxy) is 1. The van der Waals surface area contributed by atoms with Gasteiger partial charge in [-0.15, -0.1) is 11.6 Å². The van der Waals surface area contributed by atoms with Crippen molar-refractivity contribution in [2.24, 2.45) is 0 Å². The topological polar surface area (TPSA) is 22.1 Å². The van der Waals surface area contributed by atoms with Gasteiger partial charge in [0.2, 0.25) is 0 Å². The van der Waals surface area contributed by atoms with Crippen molar-refractivity contribution < 1.29 is 9.13 Å². The van der Waals surface area contributed by atoms with Crippen LogP contribution in [0.2, 0.25) is 0 Å². The highest BCUT2D eigenvalue weighted by Gasteiger charge is 2.12. The van der Waals surface area contributed by atoms with Crippen LogP contribution in [0.25, 0.3) is 11.3 Å². The Morgan fingerprint density at radius 3 is 2.65 bits per heavy atom. The molecule has 0 saturated heterocycles. The number of halogens is 2. The van der Waals surface area contributed by atoms with Crippen LogP contribution in [0.3, 0.4) is 0 Å². The van der Waals surface area contributed by atoms with E-state index in [0.29, 0.717) is 22.7 Å². The van der Waals surface area contributed by atoms with Crippen LogP contribution in [0, 0.1) is 5.82 Å². The van der Waals surface area contributed by atoms with E-state index in [-0.39, 0.29) is 11.7 Å². The molecule has 0 saturated carbocycles. The zero-order chi connectivity index (χ0) is 12.3. The van der Waals surface area contributed by atoms with Gasteiger partial charge in [0.15, 0.2) is 0 Å². The number of benzene rings is 1. The van der Waals surface area contributed by atoms with Gasteiger partial charge in [0.1, 0.15) is 17.3 Å². The Labute approximate surface area is 104 Å². The number of hydrogen-bond acceptors (Lipinski definition) is 2. The lowest BCUT2D eigenvalue weighted by Gasteiger charge is -2.09. The molecule has 0 bridgehead atoms. The van der Waals surface area contributed by atoms with Crippen molar-refractivity contribution >= 4 is 11.6 Å². The summed E-state index contributed by atoms with van der Waals surface area (Å²) in [5.41, 5.74) is 1.57. The van der Waals surface area contributed by atoms with E-state index in [1.807, 2.05) is 0 Å². The summed E-state index contributed by atoms with van der Waals surface area (Å²) in [6.45, 7) is 0. The largest absolute Gasteiger partial charge is 0.494 e. The van der Waals surface area contributed by atoms with Crippen LogP contribution < -0.4 is 4.74 Å². The first kappa shape index (κ1) is 11.9. The highest BCUT2D eigenvalue weighted by molar-refractivity contribution is 6.16. The number of alkyl halides is 1. The minimum atomic E-state index is -0.329. The smallest absolute Gasteiger partial charge is 0.145 e. The van der Waals surface area contributed by atoms with Gasteiger partial charge >= 0.3 is 0 Å². The summed E-state index contributed by atoms with van der Waals surface area (Å²) in [6.07, 6.45) is 0. The van der Waals surface area contributed by atoms with Crippen LogP contribution in [-0.4, -0.2) is 12.1 Å². The fourth-order valence-corrected chi connectivity index (χ4v) is 1.72. The molecule has 0 radical (unpaired) electrons. The van der Waals surface area contributed by atoms with E-state index >= 15 is 0 Å². The summed E-state index contributed by atoms with van der Waals surface area (Å²) in [4.78, 5) is 4.30. The van der Waals surface area contributed by atoms with Gasteiger partial charge in [0, 0.05) is 5.56 Å². The molecule has 4 heteroatoms. The molecule has 1 aromatic carbocycles. The van der Waals surface area contributed by atoms with Gasteiger partial charge < -0.3 is 4.74 Å². The normalized spacial score (nSPS) is 10.3. The molecule has 17 heavy (non-hydrogen) atoms. The van der Waals surface area contributed by atoms with Crippen molar-refractivity contribution in [3.8, 4) is 17.0 Å². The fourth-order valence-electron chi connectivity index (χ4n) is 1.57. The molecule has 0 amide bonds. The third kappa shape index (κ3) is 2.39. The van der Waals surface area contributed by atoms with E-state index in [1.54, 1.807) is 30.3 Å². The molecule has 0 unspecified atom stereocenters. The lowest BCUT2D eigenvalue weighted by atomic mass is 10.1. The third-order valence-electron chi connectivity index (χ3n) is 2.40. The van der Waals surface area contributed by atoms with Gasteiger partial charge in [0.25, 0.3) is 0 Å². The first-order valence-corrected chi connectivity index (χ1v) is 5.64. The predicted molar refractivity (Wildman–Crippen MR) is 65.7 cm³/mol. The second-order valence-corrected chi connectivity index (χ2v) is 3.73. The molecule has 88 valence electrons. The molecule has 1 heterocycles. The van der Waals surface area contributed by atoms with Gasteiger partial charge in [-0.1, -0.05) is 12.1 Å². The van der Waals surface area contributed by atoms with Crippen molar-refractivity contribution in [3.63, 3.8) is 0 Å². The van der Waals surface area contributed by atoms with E-state index in [1.165, 1.54) is 13.2 Å². The zero-order valence-corrected chi connectivity index (χ0v) is 10.0. The molecular formula is C13H11ClFNO. The number of nitrogens with zero attached hydrogens (tertiary/aromatic N) is 1. The first-order valence-electron chi connectivity index (χ1n) is 5.11. The van der Waals surface area contributed by atoms with E-state index in [0.717, 1.165) is 0 Å². The third-order valence-corrected chi connectivity index (χ3v) is 2.68. The fraction of sp³-hybridized carbons (Fsp3) is 0.154. The Kier molecular flexibility index (Phi) is 3.59. The molecule has 0 fully saturated rings. The number of aromatic nitrogens is 1. The minimum Gasteiger partial charge on any atom is -0.494 e. The molecule has 0 aliphatic heterocycles. The quantitative estimate of drug-likeness (QED) is 0.777. The summed E-state index contributed by atoms with van der Waals surface area (Å²) in [5.74, 6) is 0.486. The average Bonchev–Trinajstić information content (AvgIpc) is 2.38. The first-order chi connectivity index (χ1) is 8.26. The van der Waals surface area contributed by atoms with Crippen molar-refractivity contribution in [3.05, 3.63) is 47.9 Å². The van der Waals surface area contributed by atoms with Gasteiger partial charge in [0.05, 0.1) is 18.7 Å². The summed E-state index contributed by atoms with van der Waals surface area (Å²) in [7, 11) is 1.53. The molecular weight excluding hydrogens is 241 g/mol. The molecule has 0 aliphatic carbocycles. The van der Waals surface area contributed by atoms with Crippen LogP contribution in [0.1, 0.15) is 5.69 Å². The Hall–Kier alpha value is -1.61. The van der Waals surface area contributed by atoms with E-state index in [9.17, 15) is 4.39 Å². The standard InChI is InChI=1S/C13H11ClFNO/c1-17-12-7-6-9(8-14)16-13(12)10-4-2-3-5-11(10)15/h2-7H,8H2,1H3. The number of pyridine rings is 1. The monoisotopic (exact) mass is 251 g/mol. The molecule has 2 rings (SSSR count). The van der Waals surface area contributed by atoms with Crippen LogP contribution in [0.4, 0.5) is 4.39 Å². The average molecular weight is 252 g/mol. The van der Waals surface area contributed by atoms with Crippen LogP contribution >= 0.6 is 11.6 Å². The van der Waals surface area contributed by atoms with Crippen molar-refractivity contribution in [2.45, 2.75) is 5.88 Å². The summed E-state index contributed by atoms with van der Waals surface area (Å²) in [5, 5.41) is 0. The van der Waals surface area contributed by atoms with Crippen molar-refractivity contribution in [1.29, 1.82) is 0 Å². The maximum atomic E-state index is 13.7. The minimum absolute atomic E-state index is 0.283. The maximum absolute atomic E-state index is 13.7. The van der Waals surface area contributed by atoms with Crippen molar-refractivity contribution in [2.75, 3.05) is 7.11 Å². The van der Waals surface area contributed by atoms with Crippen molar-refractivity contribution in [1.82, 2.24) is 4.98 Å². The lowest BCUT2D eigenvalue weighted by molar-refractivity contribution is 0.414. The van der Waals surface area contributed by atoms with E-state index < -0.39 is 0 Å². The highest BCUT2D eigenvalue weighted by atomic mass is 35.5. The summed E-state index contributed by atoms with van der Waals surface area (Å²) < 4.78 is 18.9. The number of methoxy groups -OCH3 is 1. The molecule has 0 atom stereocenters. The SMILES string of the molecule is COc1ccc(CCl)nc1-c1ccccc1F. The Morgan fingerprint density at radius 2 is 2.00 bits per heavy atom. The molecule has 2 aromatic rings. The maximum Gasteiger partial charge on any atom is 0.145 e. The predicted octanol–water partition coefficient (Wildman–Crippen LogP) is 3.64. The Morgan fingerprint density at radius 1 is 1.24 bits per heavy atom. The molecule has 0 N–H and O–H groups in total. The van der Waals surface area contributed by atoms with E-state index in [2.05, 4.69) is 4.98 Å². The number of rotatable bonds is 3. The second kappa shape index (κ2) is 5.15. The van der Waals surface area contributed by atoms with Gasteiger partial charge in [-0.05, 0) is 24.3 Å². The van der Waals surface area contributed by atoms with Crippen LogP contribution in [0.5, 0.6) is 5.75 Å². The van der Waals surface area contributed by atoms with Gasteiger partial charge in [-0.3, -0.25) is 0 Å². The zero-order valence-electron chi connectivity index (χ0n) is 9.28. The summed E-state index contributed by atoms with van der Waals surface area (Å²) >= 11 is 5.72. The lowest BCUT2D eigenvalue weighted by Crippen LogP contribution is -1.96. The highest BCUT2D eigenvalue weighted by Crippen LogP contribution is 2.30. The molecule has 0 aliphatic rings. The van der Waals surface area contributed by atoms with Gasteiger partial charge in [-0.2, -0.15) is 0 Å². The van der Waals surface area contributed by atoms with E-state index in [4.69, 9.17) is 16.3 Å². The Bertz CT molecular complexity index is 531. The molecule has 0 spiro atoms.